The monoisotopic (exact) mass is 585 g/mol. The number of nitrogens with zero attached hydrogens (tertiary/aromatic N) is 2. The minimum atomic E-state index is -4.17. The quantitative estimate of drug-likeness (QED) is 0.263. The SMILES string of the molecule is CNC(=O)C(Cc1ccccc1)N(Cc1ccc(C)cc1)C(=O)CN(c1cccc(OC)c1)S(=O)(=O)c1ccccc1. The molecule has 0 spiro atoms. The molecule has 0 aliphatic rings. The molecular weight excluding hydrogens is 550 g/mol. The van der Waals surface area contributed by atoms with Gasteiger partial charge in [-0.05, 0) is 42.3 Å². The van der Waals surface area contributed by atoms with Crippen LogP contribution in [0.15, 0.2) is 114 Å². The summed E-state index contributed by atoms with van der Waals surface area (Å²) in [5, 5.41) is 2.69. The maximum atomic E-state index is 14.3. The first-order valence-corrected chi connectivity index (χ1v) is 15.0. The average molecular weight is 586 g/mol. The van der Waals surface area contributed by atoms with Crippen LogP contribution >= 0.6 is 0 Å². The third kappa shape index (κ3) is 7.36. The molecule has 0 aliphatic heterocycles. The highest BCUT2D eigenvalue weighted by atomic mass is 32.2. The number of benzene rings is 4. The summed E-state index contributed by atoms with van der Waals surface area (Å²) in [7, 11) is -1.15. The van der Waals surface area contributed by atoms with Crippen LogP contribution in [-0.2, 0) is 32.6 Å². The summed E-state index contributed by atoms with van der Waals surface area (Å²) in [6.07, 6.45) is 0.253. The van der Waals surface area contributed by atoms with Crippen molar-refractivity contribution in [2.24, 2.45) is 0 Å². The Hall–Kier alpha value is -4.63. The molecule has 1 unspecified atom stereocenters. The minimum Gasteiger partial charge on any atom is -0.497 e. The van der Waals surface area contributed by atoms with Crippen LogP contribution in [0.2, 0.25) is 0 Å². The first kappa shape index (κ1) is 30.3. The number of rotatable bonds is 12. The molecule has 0 aromatic heterocycles. The van der Waals surface area contributed by atoms with Crippen molar-refractivity contribution in [3.8, 4) is 5.75 Å². The highest BCUT2D eigenvalue weighted by Crippen LogP contribution is 2.28. The topological polar surface area (TPSA) is 96.0 Å². The summed E-state index contributed by atoms with van der Waals surface area (Å²) < 4.78 is 34.4. The Morgan fingerprint density at radius 1 is 0.833 bits per heavy atom. The molecule has 1 N–H and O–H groups in total. The van der Waals surface area contributed by atoms with Gasteiger partial charge in [-0.2, -0.15) is 0 Å². The lowest BCUT2D eigenvalue weighted by Crippen LogP contribution is -2.53. The van der Waals surface area contributed by atoms with E-state index in [9.17, 15) is 18.0 Å². The van der Waals surface area contributed by atoms with Gasteiger partial charge < -0.3 is 15.0 Å². The van der Waals surface area contributed by atoms with Crippen LogP contribution in [0.5, 0.6) is 5.75 Å². The molecule has 9 heteroatoms. The fraction of sp³-hybridized carbons (Fsp3) is 0.212. The van der Waals surface area contributed by atoms with Crippen molar-refractivity contribution in [2.45, 2.75) is 30.8 Å². The third-order valence-corrected chi connectivity index (χ3v) is 8.73. The van der Waals surface area contributed by atoms with E-state index in [1.807, 2.05) is 61.5 Å². The van der Waals surface area contributed by atoms with Gasteiger partial charge in [0.15, 0.2) is 0 Å². The first-order valence-electron chi connectivity index (χ1n) is 13.6. The van der Waals surface area contributed by atoms with Crippen LogP contribution in [0, 0.1) is 6.92 Å². The Balaban J connectivity index is 1.79. The predicted octanol–water partition coefficient (Wildman–Crippen LogP) is 4.59. The fourth-order valence-corrected chi connectivity index (χ4v) is 6.05. The summed E-state index contributed by atoms with van der Waals surface area (Å²) >= 11 is 0. The summed E-state index contributed by atoms with van der Waals surface area (Å²) in [5.74, 6) is -0.433. The number of hydrogen-bond donors (Lipinski definition) is 1. The van der Waals surface area contributed by atoms with Crippen LogP contribution in [0.1, 0.15) is 16.7 Å². The van der Waals surface area contributed by atoms with Gasteiger partial charge >= 0.3 is 0 Å². The summed E-state index contributed by atoms with van der Waals surface area (Å²) in [5.41, 5.74) is 3.01. The van der Waals surface area contributed by atoms with Crippen LogP contribution in [-0.4, -0.2) is 51.9 Å². The Morgan fingerprint density at radius 2 is 1.48 bits per heavy atom. The minimum absolute atomic E-state index is 0.0397. The van der Waals surface area contributed by atoms with Crippen LogP contribution in [0.3, 0.4) is 0 Å². The molecule has 0 heterocycles. The van der Waals surface area contributed by atoms with Crippen molar-refractivity contribution < 1.29 is 22.7 Å². The number of ether oxygens (including phenoxy) is 1. The van der Waals surface area contributed by atoms with E-state index in [0.29, 0.717) is 5.75 Å². The predicted molar refractivity (Wildman–Crippen MR) is 164 cm³/mol. The first-order chi connectivity index (χ1) is 20.2. The number of aryl methyl sites for hydroxylation is 1. The standard InChI is InChI=1S/C33H35N3O5S/c1-25-17-19-27(20-18-25)23-35(31(33(38)34-2)21-26-11-6-4-7-12-26)32(37)24-36(28-13-10-14-29(22-28)41-3)42(39,40)30-15-8-5-9-16-30/h4-20,22,31H,21,23-24H2,1-3H3,(H,34,38). The molecule has 4 aromatic carbocycles. The van der Waals surface area contributed by atoms with Gasteiger partial charge in [0.2, 0.25) is 11.8 Å². The van der Waals surface area contributed by atoms with E-state index in [1.54, 1.807) is 42.5 Å². The summed E-state index contributed by atoms with van der Waals surface area (Å²) in [6, 6.07) is 30.7. The van der Waals surface area contributed by atoms with Gasteiger partial charge in [-0.25, -0.2) is 8.42 Å². The Bertz CT molecular complexity index is 1590. The zero-order chi connectivity index (χ0) is 30.1. The van der Waals surface area contributed by atoms with E-state index in [-0.39, 0.29) is 29.5 Å². The van der Waals surface area contributed by atoms with Gasteiger partial charge in [0.05, 0.1) is 17.7 Å². The second-order valence-corrected chi connectivity index (χ2v) is 11.7. The van der Waals surface area contributed by atoms with Gasteiger partial charge in [0, 0.05) is 26.1 Å². The number of anilines is 1. The van der Waals surface area contributed by atoms with Gasteiger partial charge in [0.25, 0.3) is 10.0 Å². The van der Waals surface area contributed by atoms with E-state index in [2.05, 4.69) is 5.32 Å². The molecule has 4 aromatic rings. The highest BCUT2D eigenvalue weighted by Gasteiger charge is 2.34. The largest absolute Gasteiger partial charge is 0.497 e. The number of amides is 2. The van der Waals surface area contributed by atoms with Gasteiger partial charge in [0.1, 0.15) is 18.3 Å². The van der Waals surface area contributed by atoms with Crippen molar-refractivity contribution in [1.29, 1.82) is 0 Å². The van der Waals surface area contributed by atoms with E-state index >= 15 is 0 Å². The van der Waals surface area contributed by atoms with Crippen LogP contribution < -0.4 is 14.4 Å². The number of methoxy groups -OCH3 is 1. The lowest BCUT2D eigenvalue weighted by molar-refractivity contribution is -0.139. The van der Waals surface area contributed by atoms with Crippen molar-refractivity contribution in [3.05, 3.63) is 126 Å². The molecule has 8 nitrogen and oxygen atoms in total. The van der Waals surface area contributed by atoms with Crippen LogP contribution in [0.4, 0.5) is 5.69 Å². The number of nitrogens with one attached hydrogen (secondary N) is 1. The molecule has 0 bridgehead atoms. The summed E-state index contributed by atoms with van der Waals surface area (Å²) in [6.45, 7) is 1.55. The molecule has 0 saturated carbocycles. The molecule has 0 fully saturated rings. The Morgan fingerprint density at radius 3 is 2.10 bits per heavy atom. The zero-order valence-corrected chi connectivity index (χ0v) is 24.8. The number of sulfonamides is 1. The molecule has 4 rings (SSSR count). The number of carbonyl (C=O) groups excluding carboxylic acids is 2. The second kappa shape index (κ2) is 13.8. The molecule has 218 valence electrons. The van der Waals surface area contributed by atoms with Crippen LogP contribution in [0.25, 0.3) is 0 Å². The van der Waals surface area contributed by atoms with Gasteiger partial charge in [-0.15, -0.1) is 0 Å². The molecule has 0 radical (unpaired) electrons. The fourth-order valence-electron chi connectivity index (χ4n) is 4.62. The lowest BCUT2D eigenvalue weighted by atomic mass is 10.0. The van der Waals surface area contributed by atoms with Gasteiger partial charge in [-0.1, -0.05) is 84.4 Å². The smallest absolute Gasteiger partial charge is 0.264 e. The van der Waals surface area contributed by atoms with Crippen molar-refractivity contribution in [1.82, 2.24) is 10.2 Å². The van der Waals surface area contributed by atoms with E-state index in [1.165, 1.54) is 31.2 Å². The second-order valence-electron chi connectivity index (χ2n) is 9.85. The molecule has 2 amide bonds. The molecule has 1 atom stereocenters. The lowest BCUT2D eigenvalue weighted by Gasteiger charge is -2.33. The molecule has 0 aliphatic carbocycles. The zero-order valence-electron chi connectivity index (χ0n) is 23.9. The van der Waals surface area contributed by atoms with Crippen molar-refractivity contribution in [2.75, 3.05) is 25.0 Å². The maximum absolute atomic E-state index is 14.3. The Kier molecular flexibility index (Phi) is 9.98. The molecule has 0 saturated heterocycles. The van der Waals surface area contributed by atoms with E-state index in [0.717, 1.165) is 21.0 Å². The molecular formula is C33H35N3O5S. The normalized spacial score (nSPS) is 11.8. The maximum Gasteiger partial charge on any atom is 0.264 e. The number of hydrogen-bond acceptors (Lipinski definition) is 5. The van der Waals surface area contributed by atoms with E-state index in [4.69, 9.17) is 4.74 Å². The van der Waals surface area contributed by atoms with E-state index < -0.39 is 28.5 Å². The third-order valence-electron chi connectivity index (χ3n) is 6.94. The van der Waals surface area contributed by atoms with Gasteiger partial charge in [-0.3, -0.25) is 13.9 Å². The molecule has 42 heavy (non-hydrogen) atoms. The Labute approximate surface area is 247 Å². The summed E-state index contributed by atoms with van der Waals surface area (Å²) in [4.78, 5) is 29.1. The number of likely N-dealkylation sites (N-methyl/N-ethyl adjacent to an activating group) is 1. The van der Waals surface area contributed by atoms with Crippen molar-refractivity contribution in [3.63, 3.8) is 0 Å². The average Bonchev–Trinajstić information content (AvgIpc) is 3.02. The highest BCUT2D eigenvalue weighted by molar-refractivity contribution is 7.92. The number of carbonyl (C=O) groups is 2. The van der Waals surface area contributed by atoms with Crippen molar-refractivity contribution >= 4 is 27.5 Å².